The van der Waals surface area contributed by atoms with Gasteiger partial charge in [-0.25, -0.2) is 4.79 Å². The third kappa shape index (κ3) is 6.66. The number of carbonyl (C=O) groups is 6. The molecule has 3 saturated carbocycles. The Balaban J connectivity index is 1.35. The van der Waals surface area contributed by atoms with E-state index in [-0.39, 0.29) is 34.6 Å². The molecule has 1 aromatic heterocycles. The van der Waals surface area contributed by atoms with Gasteiger partial charge in [0.05, 0.1) is 6.04 Å². The molecular weight excluding hydrogens is 588 g/mol. The lowest BCUT2D eigenvalue weighted by molar-refractivity contribution is -0.145. The molecule has 5 atom stereocenters. The summed E-state index contributed by atoms with van der Waals surface area (Å²) in [7, 11) is 0. The topological polar surface area (TPSA) is 181 Å². The van der Waals surface area contributed by atoms with Crippen LogP contribution in [0.2, 0.25) is 0 Å². The number of carbonyl (C=O) groups excluding carboxylic acids is 6. The van der Waals surface area contributed by atoms with Crippen molar-refractivity contribution in [3.8, 4) is 0 Å². The highest BCUT2D eigenvalue weighted by molar-refractivity contribution is 6.37. The van der Waals surface area contributed by atoms with Gasteiger partial charge in [-0.05, 0) is 60.0 Å². The fourth-order valence-corrected chi connectivity index (χ4v) is 7.67. The predicted octanol–water partition coefficient (Wildman–Crippen LogP) is 2.50. The number of hydrogen-bond donors (Lipinski definition) is 4. The van der Waals surface area contributed by atoms with Crippen LogP contribution in [0.5, 0.6) is 0 Å². The summed E-state index contributed by atoms with van der Waals surface area (Å²) in [5.74, 6) is -2.95. The first-order valence-corrected chi connectivity index (χ1v) is 16.6. The molecule has 1 saturated heterocycles. The number of nitrogens with zero attached hydrogens (tertiary/aromatic N) is 2. The van der Waals surface area contributed by atoms with Gasteiger partial charge in [-0.15, -0.1) is 0 Å². The van der Waals surface area contributed by atoms with Crippen LogP contribution in [0.1, 0.15) is 96.5 Å². The van der Waals surface area contributed by atoms with Crippen LogP contribution in [0.15, 0.2) is 24.4 Å². The summed E-state index contributed by atoms with van der Waals surface area (Å²) in [5, 5.41) is 8.59. The molecule has 1 unspecified atom stereocenters. The number of hydrogen-bond acceptors (Lipinski definition) is 7. The largest absolute Gasteiger partial charge is 0.363 e. The number of amides is 5. The second-order valence-electron chi connectivity index (χ2n) is 15.4. The quantitative estimate of drug-likeness (QED) is 0.213. The van der Waals surface area contributed by atoms with Gasteiger partial charge < -0.3 is 26.6 Å². The van der Waals surface area contributed by atoms with E-state index in [1.807, 2.05) is 20.8 Å². The predicted molar refractivity (Wildman–Crippen MR) is 169 cm³/mol. The Labute approximate surface area is 270 Å². The molecule has 1 aliphatic heterocycles. The number of aromatic nitrogens is 1. The molecule has 3 aliphatic carbocycles. The number of Topliss-reactive ketones (excluding diaryl/α,β-unsaturated/α-hetero) is 2. The van der Waals surface area contributed by atoms with Crippen molar-refractivity contribution in [1.82, 2.24) is 25.8 Å². The molecule has 0 radical (unpaired) electrons. The van der Waals surface area contributed by atoms with Gasteiger partial charge in [0.25, 0.3) is 5.91 Å². The molecule has 4 aliphatic rings. The maximum absolute atomic E-state index is 14.3. The van der Waals surface area contributed by atoms with Crippen LogP contribution >= 0.6 is 0 Å². The average Bonchev–Trinajstić information content (AvgIpc) is 3.86. The molecule has 250 valence electrons. The van der Waals surface area contributed by atoms with Crippen LogP contribution in [-0.4, -0.2) is 75.4 Å². The number of pyridine rings is 1. The first-order valence-electron chi connectivity index (χ1n) is 16.6. The van der Waals surface area contributed by atoms with Gasteiger partial charge in [-0.2, -0.15) is 0 Å². The van der Waals surface area contributed by atoms with E-state index in [1.54, 1.807) is 24.4 Å². The van der Waals surface area contributed by atoms with Crippen molar-refractivity contribution in [1.29, 1.82) is 0 Å². The summed E-state index contributed by atoms with van der Waals surface area (Å²) in [6, 6.07) is 1.52. The molecule has 1 aromatic rings. The van der Waals surface area contributed by atoms with E-state index in [1.165, 1.54) is 4.90 Å². The maximum atomic E-state index is 14.3. The van der Waals surface area contributed by atoms with Gasteiger partial charge in [0.1, 0.15) is 23.3 Å². The van der Waals surface area contributed by atoms with Gasteiger partial charge >= 0.3 is 6.03 Å². The zero-order valence-electron chi connectivity index (χ0n) is 27.6. The van der Waals surface area contributed by atoms with Crippen LogP contribution in [0.4, 0.5) is 4.79 Å². The molecule has 4 fully saturated rings. The minimum atomic E-state index is -1.15. The number of nitrogens with one attached hydrogen (secondary N) is 3. The Morgan fingerprint density at radius 1 is 1.02 bits per heavy atom. The molecule has 12 nitrogen and oxygen atoms in total. The molecule has 2 heterocycles. The van der Waals surface area contributed by atoms with Crippen LogP contribution in [0.3, 0.4) is 0 Å². The average molecular weight is 637 g/mol. The summed E-state index contributed by atoms with van der Waals surface area (Å²) in [5.41, 5.74) is 3.49. The van der Waals surface area contributed by atoms with Crippen LogP contribution in [-0.2, 0) is 19.2 Å². The van der Waals surface area contributed by atoms with Crippen molar-refractivity contribution in [3.05, 3.63) is 30.1 Å². The molecule has 5 N–H and O–H groups in total. The van der Waals surface area contributed by atoms with Crippen LogP contribution in [0.25, 0.3) is 0 Å². The zero-order valence-corrected chi connectivity index (χ0v) is 27.6. The minimum Gasteiger partial charge on any atom is -0.363 e. The van der Waals surface area contributed by atoms with E-state index < -0.39 is 58.6 Å². The summed E-state index contributed by atoms with van der Waals surface area (Å²) in [6.07, 6.45) is 7.12. The fourth-order valence-electron chi connectivity index (χ4n) is 7.67. The third-order valence-corrected chi connectivity index (χ3v) is 10.7. The number of primary amides is 1. The zero-order chi connectivity index (χ0) is 33.6. The number of rotatable bonds is 11. The highest BCUT2D eigenvalue weighted by atomic mass is 16.2. The molecule has 12 heteroatoms. The highest BCUT2D eigenvalue weighted by Crippen LogP contribution is 2.65. The van der Waals surface area contributed by atoms with Gasteiger partial charge in [-0.3, -0.25) is 29.0 Å². The van der Waals surface area contributed by atoms with Gasteiger partial charge in [0, 0.05) is 12.7 Å². The molecule has 0 spiro atoms. The second kappa shape index (κ2) is 12.4. The Hall–Kier alpha value is -3.83. The van der Waals surface area contributed by atoms with Crippen molar-refractivity contribution < 1.29 is 28.8 Å². The van der Waals surface area contributed by atoms with E-state index >= 15 is 0 Å². The molecule has 0 aromatic carbocycles. The summed E-state index contributed by atoms with van der Waals surface area (Å²) in [6.45, 7) is 9.92. The number of likely N-dealkylation sites (tertiary alicyclic amines) is 1. The Morgan fingerprint density at radius 2 is 1.70 bits per heavy atom. The minimum absolute atomic E-state index is 0.0665. The van der Waals surface area contributed by atoms with E-state index in [0.717, 1.165) is 32.1 Å². The third-order valence-electron chi connectivity index (χ3n) is 10.7. The van der Waals surface area contributed by atoms with E-state index in [4.69, 9.17) is 5.73 Å². The van der Waals surface area contributed by atoms with Crippen LogP contribution in [0, 0.1) is 28.6 Å². The maximum Gasteiger partial charge on any atom is 0.316 e. The van der Waals surface area contributed by atoms with Crippen molar-refractivity contribution in [2.45, 2.75) is 110 Å². The lowest BCUT2D eigenvalue weighted by Gasteiger charge is -2.40. The monoisotopic (exact) mass is 636 g/mol. The highest BCUT2D eigenvalue weighted by Gasteiger charge is 2.70. The summed E-state index contributed by atoms with van der Waals surface area (Å²) >= 11 is 0. The van der Waals surface area contributed by atoms with Gasteiger partial charge in [0.2, 0.25) is 23.4 Å². The number of urea groups is 1. The van der Waals surface area contributed by atoms with Gasteiger partial charge in [-0.1, -0.05) is 72.8 Å². The lowest BCUT2D eigenvalue weighted by Crippen LogP contribution is -2.64. The molecular formula is C34H48N6O6. The van der Waals surface area contributed by atoms with Crippen molar-refractivity contribution in [3.63, 3.8) is 0 Å². The fraction of sp³-hybridized carbons (Fsp3) is 0.676. The first kappa shape index (κ1) is 33.5. The smallest absolute Gasteiger partial charge is 0.316 e. The van der Waals surface area contributed by atoms with Gasteiger partial charge in [0.15, 0.2) is 0 Å². The Morgan fingerprint density at radius 3 is 2.26 bits per heavy atom. The number of fused-ring (bicyclic) bond motifs is 1. The van der Waals surface area contributed by atoms with Crippen LogP contribution < -0.4 is 21.7 Å². The number of ketones is 2. The lowest BCUT2D eigenvalue weighted by atomic mass is 9.77. The summed E-state index contributed by atoms with van der Waals surface area (Å²) < 4.78 is 0. The standard InChI is InChI=1S/C34H48N6O6/c1-32(2,3)26(38-31(46)39-34(14-8-6-9-15-34)27(42)21-11-7-10-16-36-21)30(45)40-18-20-23(33(20,4)5)24(40)29(44)37-22(17-19-12-13-19)25(41)28(35)43/h7,10-11,16,19-20,22-24,26H,6,8-9,12-15,17-18H2,1-5H3,(H2,35,43)(H,37,44)(H2,38,39,46)/t20-,22?,23-,24-,26+/m0/s1. The first-order chi connectivity index (χ1) is 21.6. The molecule has 0 bridgehead atoms. The van der Waals surface area contributed by atoms with E-state index in [0.29, 0.717) is 25.8 Å². The van der Waals surface area contributed by atoms with Crippen molar-refractivity contribution >= 4 is 35.3 Å². The second-order valence-corrected chi connectivity index (χ2v) is 15.4. The molecule has 5 amide bonds. The van der Waals surface area contributed by atoms with Crippen molar-refractivity contribution in [2.24, 2.45) is 34.3 Å². The molecule has 5 rings (SSSR count). The van der Waals surface area contributed by atoms with Crippen molar-refractivity contribution in [2.75, 3.05) is 6.54 Å². The number of piperidine rings is 1. The normalized spacial score (nSPS) is 25.8. The Kier molecular flexibility index (Phi) is 9.04. The van der Waals surface area contributed by atoms with E-state index in [9.17, 15) is 28.8 Å². The summed E-state index contributed by atoms with van der Waals surface area (Å²) in [4.78, 5) is 85.7. The molecule has 46 heavy (non-hydrogen) atoms. The number of nitrogens with two attached hydrogens (primary N) is 1. The Bertz CT molecular complexity index is 1390. The SMILES string of the molecule is CC(C)(C)[C@H](NC(=O)NC1(C(=O)c2ccccn2)CCCCC1)C(=O)N1C[C@H]2[C@@H]([C@H]1C(=O)NC(CC1CC1)C(=O)C(N)=O)C2(C)C. The van der Waals surface area contributed by atoms with E-state index in [2.05, 4.69) is 34.8 Å².